The van der Waals surface area contributed by atoms with Crippen molar-refractivity contribution in [1.29, 1.82) is 0 Å². The van der Waals surface area contributed by atoms with Gasteiger partial charge in [-0.15, -0.1) is 0 Å². The summed E-state index contributed by atoms with van der Waals surface area (Å²) in [6.07, 6.45) is -1.74. The molecule has 1 aliphatic heterocycles. The number of aliphatic hydroxyl groups excluding tert-OH is 1. The van der Waals surface area contributed by atoms with E-state index in [4.69, 9.17) is 9.84 Å². The quantitative estimate of drug-likeness (QED) is 0.556. The average molecular weight is 152 g/mol. The minimum atomic E-state index is -2.74. The van der Waals surface area contributed by atoms with Crippen LogP contribution in [0.1, 0.15) is 12.8 Å². The topological polar surface area (TPSA) is 29.5 Å². The predicted molar refractivity (Wildman–Crippen MR) is 31.0 cm³/mol. The molecule has 2 nitrogen and oxygen atoms in total. The Morgan fingerprint density at radius 3 is 2.90 bits per heavy atom. The van der Waals surface area contributed by atoms with Crippen LogP contribution in [0, 0.1) is 0 Å². The third kappa shape index (κ3) is 2.19. The maximum Gasteiger partial charge on any atom is 0.252 e. The monoisotopic (exact) mass is 152 g/mol. The second-order valence-corrected chi connectivity index (χ2v) is 2.54. The number of rotatable bonds is 0. The summed E-state index contributed by atoms with van der Waals surface area (Å²) in [7, 11) is 0. The molecule has 1 fully saturated rings. The minimum absolute atomic E-state index is 0.0373. The van der Waals surface area contributed by atoms with Crippen LogP contribution in [0.5, 0.6) is 0 Å². The van der Waals surface area contributed by atoms with Gasteiger partial charge in [0.05, 0.1) is 19.3 Å². The normalized spacial score (nSPS) is 33.3. The second kappa shape index (κ2) is 2.80. The molecule has 4 heteroatoms. The van der Waals surface area contributed by atoms with Crippen LogP contribution in [0.25, 0.3) is 0 Å². The van der Waals surface area contributed by atoms with Gasteiger partial charge in [0.2, 0.25) is 0 Å². The van der Waals surface area contributed by atoms with Gasteiger partial charge in [-0.25, -0.2) is 8.78 Å². The Hall–Kier alpha value is -0.220. The molecule has 1 N–H and O–H groups in total. The first-order valence-corrected chi connectivity index (χ1v) is 3.24. The molecule has 0 spiro atoms. The number of aliphatic hydroxyl groups is 1. The van der Waals surface area contributed by atoms with E-state index in [1.54, 1.807) is 0 Å². The molecule has 10 heavy (non-hydrogen) atoms. The summed E-state index contributed by atoms with van der Waals surface area (Å²) in [5, 5.41) is 8.82. The van der Waals surface area contributed by atoms with E-state index in [0.29, 0.717) is 0 Å². The van der Waals surface area contributed by atoms with Crippen molar-refractivity contribution in [3.8, 4) is 0 Å². The van der Waals surface area contributed by atoms with E-state index < -0.39 is 18.4 Å². The predicted octanol–water partition coefficient (Wildman–Crippen LogP) is 0.793. The van der Waals surface area contributed by atoms with Gasteiger partial charge in [-0.05, 0) is 0 Å². The van der Waals surface area contributed by atoms with Crippen LogP contribution < -0.4 is 0 Å². The molecule has 1 aliphatic rings. The molecule has 1 heterocycles. The summed E-state index contributed by atoms with van der Waals surface area (Å²) in [5.74, 6) is -2.74. The number of alkyl halides is 2. The average Bonchev–Trinajstić information content (AvgIpc) is 1.90. The lowest BCUT2D eigenvalue weighted by Crippen LogP contribution is -2.23. The number of ether oxygens (including phenoxy) is 1. The largest absolute Gasteiger partial charge is 0.390 e. The van der Waals surface area contributed by atoms with Crippen molar-refractivity contribution in [3.05, 3.63) is 0 Å². The van der Waals surface area contributed by atoms with Gasteiger partial charge in [0.15, 0.2) is 0 Å². The van der Waals surface area contributed by atoms with Crippen LogP contribution in [0.3, 0.4) is 0 Å². The summed E-state index contributed by atoms with van der Waals surface area (Å²) in [4.78, 5) is 0. The maximum atomic E-state index is 12.5. The molecule has 1 unspecified atom stereocenters. The Morgan fingerprint density at radius 1 is 1.50 bits per heavy atom. The van der Waals surface area contributed by atoms with Crippen molar-refractivity contribution >= 4 is 0 Å². The molecule has 0 aromatic heterocycles. The summed E-state index contributed by atoms with van der Waals surface area (Å²) in [6, 6.07) is 0. The van der Waals surface area contributed by atoms with E-state index in [-0.39, 0.29) is 19.6 Å². The third-order valence-electron chi connectivity index (χ3n) is 1.46. The highest BCUT2D eigenvalue weighted by molar-refractivity contribution is 4.73. The van der Waals surface area contributed by atoms with Crippen molar-refractivity contribution in [2.75, 3.05) is 13.2 Å². The molecule has 0 radical (unpaired) electrons. The van der Waals surface area contributed by atoms with Gasteiger partial charge in [0.25, 0.3) is 5.92 Å². The first-order valence-electron chi connectivity index (χ1n) is 3.24. The molecule has 1 atom stereocenters. The number of hydrogen-bond acceptors (Lipinski definition) is 2. The SMILES string of the molecule is OC1COCCC(F)(F)C1. The molecule has 1 saturated heterocycles. The zero-order chi connectivity index (χ0) is 7.61. The lowest BCUT2D eigenvalue weighted by Gasteiger charge is -2.13. The van der Waals surface area contributed by atoms with E-state index in [9.17, 15) is 8.78 Å². The van der Waals surface area contributed by atoms with Gasteiger partial charge >= 0.3 is 0 Å². The fraction of sp³-hybridized carbons (Fsp3) is 1.00. The van der Waals surface area contributed by atoms with E-state index in [2.05, 4.69) is 0 Å². The van der Waals surface area contributed by atoms with Crippen LogP contribution in [0.2, 0.25) is 0 Å². The minimum Gasteiger partial charge on any atom is -0.390 e. The Bertz CT molecular complexity index is 116. The van der Waals surface area contributed by atoms with Crippen LogP contribution in [-0.4, -0.2) is 30.3 Å². The molecule has 60 valence electrons. The van der Waals surface area contributed by atoms with Crippen molar-refractivity contribution in [1.82, 2.24) is 0 Å². The van der Waals surface area contributed by atoms with E-state index in [0.717, 1.165) is 0 Å². The Labute approximate surface area is 57.8 Å². The molecule has 0 aromatic rings. The summed E-state index contributed by atoms with van der Waals surface area (Å²) >= 11 is 0. The van der Waals surface area contributed by atoms with Gasteiger partial charge in [-0.3, -0.25) is 0 Å². The van der Waals surface area contributed by atoms with E-state index >= 15 is 0 Å². The highest BCUT2D eigenvalue weighted by Crippen LogP contribution is 2.26. The highest BCUT2D eigenvalue weighted by Gasteiger charge is 2.33. The standard InChI is InChI=1S/C6H10F2O2/c7-6(8)1-2-10-4-5(9)3-6/h5,9H,1-4H2. The molecule has 0 aliphatic carbocycles. The van der Waals surface area contributed by atoms with E-state index in [1.807, 2.05) is 0 Å². The summed E-state index contributed by atoms with van der Waals surface area (Å²) in [5.41, 5.74) is 0. The lowest BCUT2D eigenvalue weighted by molar-refractivity contribution is -0.0386. The van der Waals surface area contributed by atoms with Crippen LogP contribution in [-0.2, 0) is 4.74 Å². The maximum absolute atomic E-state index is 12.5. The smallest absolute Gasteiger partial charge is 0.252 e. The molecule has 0 bridgehead atoms. The zero-order valence-corrected chi connectivity index (χ0v) is 5.52. The zero-order valence-electron chi connectivity index (χ0n) is 5.52. The van der Waals surface area contributed by atoms with Crippen molar-refractivity contribution in [3.63, 3.8) is 0 Å². The molecule has 0 aromatic carbocycles. The van der Waals surface area contributed by atoms with Gasteiger partial charge < -0.3 is 9.84 Å². The molecule has 0 amide bonds. The number of hydrogen-bond donors (Lipinski definition) is 1. The third-order valence-corrected chi connectivity index (χ3v) is 1.46. The summed E-state index contributed by atoms with van der Waals surface area (Å²) in [6.45, 7) is 0.0830. The molecule has 0 saturated carbocycles. The Balaban J connectivity index is 2.46. The van der Waals surface area contributed by atoms with Gasteiger partial charge in [-0.2, -0.15) is 0 Å². The first kappa shape index (κ1) is 7.88. The lowest BCUT2D eigenvalue weighted by atomic mass is 10.1. The first-order chi connectivity index (χ1) is 4.60. The Kier molecular flexibility index (Phi) is 2.21. The highest BCUT2D eigenvalue weighted by atomic mass is 19.3. The van der Waals surface area contributed by atoms with Crippen LogP contribution in [0.4, 0.5) is 8.78 Å². The molecular formula is C6H10F2O2. The summed E-state index contributed by atoms with van der Waals surface area (Å²) < 4.78 is 29.7. The van der Waals surface area contributed by atoms with Crippen molar-refractivity contribution in [2.45, 2.75) is 24.9 Å². The van der Waals surface area contributed by atoms with Crippen LogP contribution in [0.15, 0.2) is 0 Å². The van der Waals surface area contributed by atoms with Gasteiger partial charge in [0.1, 0.15) is 0 Å². The number of halogens is 2. The fourth-order valence-electron chi connectivity index (χ4n) is 0.947. The van der Waals surface area contributed by atoms with Gasteiger partial charge in [0, 0.05) is 12.8 Å². The van der Waals surface area contributed by atoms with Crippen molar-refractivity contribution in [2.24, 2.45) is 0 Å². The van der Waals surface area contributed by atoms with E-state index in [1.165, 1.54) is 0 Å². The van der Waals surface area contributed by atoms with Crippen molar-refractivity contribution < 1.29 is 18.6 Å². The Morgan fingerprint density at radius 2 is 2.20 bits per heavy atom. The molecule has 1 rings (SSSR count). The van der Waals surface area contributed by atoms with Crippen LogP contribution >= 0.6 is 0 Å². The fourth-order valence-corrected chi connectivity index (χ4v) is 0.947. The second-order valence-electron chi connectivity index (χ2n) is 2.54. The molecular weight excluding hydrogens is 142 g/mol. The van der Waals surface area contributed by atoms with Gasteiger partial charge in [-0.1, -0.05) is 0 Å².